The standard InChI is InChI=1S/C16H15ClN2O4/c1-18(9-10-23-13-5-3-2-4-6-13)16(20)14-11-12(17)7-8-15(14)19(21)22/h2-8,11H,9-10H2,1H3. The van der Waals surface area contributed by atoms with Gasteiger partial charge in [0.25, 0.3) is 11.6 Å². The molecule has 0 aromatic heterocycles. The second-order valence-corrected chi connectivity index (χ2v) is 5.24. The molecule has 0 heterocycles. The van der Waals surface area contributed by atoms with Crippen LogP contribution in [0.4, 0.5) is 5.69 Å². The van der Waals surface area contributed by atoms with Crippen LogP contribution in [-0.4, -0.2) is 35.9 Å². The SMILES string of the molecule is CN(CCOc1ccccc1)C(=O)c1cc(Cl)ccc1[N+](=O)[O-]. The molecule has 2 rings (SSSR count). The van der Waals surface area contributed by atoms with Gasteiger partial charge in [-0.1, -0.05) is 29.8 Å². The van der Waals surface area contributed by atoms with Gasteiger partial charge in [-0.15, -0.1) is 0 Å². The van der Waals surface area contributed by atoms with E-state index in [1.165, 1.54) is 23.1 Å². The zero-order valence-electron chi connectivity index (χ0n) is 12.4. The quantitative estimate of drug-likeness (QED) is 0.599. The van der Waals surface area contributed by atoms with Crippen LogP contribution in [0, 0.1) is 10.1 Å². The van der Waals surface area contributed by atoms with Crippen LogP contribution < -0.4 is 4.74 Å². The molecule has 0 bridgehead atoms. The first-order valence-corrected chi connectivity index (χ1v) is 7.24. The fraction of sp³-hybridized carbons (Fsp3) is 0.188. The van der Waals surface area contributed by atoms with E-state index in [0.29, 0.717) is 5.75 Å². The van der Waals surface area contributed by atoms with Gasteiger partial charge in [0.05, 0.1) is 11.5 Å². The topological polar surface area (TPSA) is 72.7 Å². The summed E-state index contributed by atoms with van der Waals surface area (Å²) >= 11 is 5.84. The Morgan fingerprint density at radius 1 is 1.26 bits per heavy atom. The second-order valence-electron chi connectivity index (χ2n) is 4.81. The number of carbonyl (C=O) groups excluding carboxylic acids is 1. The summed E-state index contributed by atoms with van der Waals surface area (Å²) in [6.07, 6.45) is 0. The van der Waals surface area contributed by atoms with Crippen LogP contribution in [-0.2, 0) is 0 Å². The monoisotopic (exact) mass is 334 g/mol. The van der Waals surface area contributed by atoms with Gasteiger partial charge >= 0.3 is 0 Å². The predicted octanol–water partition coefficient (Wildman–Crippen LogP) is 3.40. The number of para-hydroxylation sites is 1. The van der Waals surface area contributed by atoms with Gasteiger partial charge in [-0.05, 0) is 24.3 Å². The van der Waals surface area contributed by atoms with Crippen LogP contribution >= 0.6 is 11.6 Å². The first kappa shape index (κ1) is 16.8. The van der Waals surface area contributed by atoms with E-state index in [1.807, 2.05) is 30.3 Å². The Bertz CT molecular complexity index is 706. The highest BCUT2D eigenvalue weighted by Gasteiger charge is 2.23. The first-order valence-electron chi connectivity index (χ1n) is 6.86. The van der Waals surface area contributed by atoms with Crippen molar-refractivity contribution in [1.29, 1.82) is 0 Å². The molecule has 0 unspecified atom stereocenters. The van der Waals surface area contributed by atoms with E-state index in [1.54, 1.807) is 7.05 Å². The smallest absolute Gasteiger partial charge is 0.282 e. The summed E-state index contributed by atoms with van der Waals surface area (Å²) in [5.41, 5.74) is -0.306. The van der Waals surface area contributed by atoms with Gasteiger partial charge in [0.1, 0.15) is 17.9 Å². The van der Waals surface area contributed by atoms with E-state index in [9.17, 15) is 14.9 Å². The Balaban J connectivity index is 2.02. The van der Waals surface area contributed by atoms with Gasteiger partial charge in [-0.25, -0.2) is 0 Å². The van der Waals surface area contributed by atoms with Crippen molar-refractivity contribution in [2.45, 2.75) is 0 Å². The van der Waals surface area contributed by atoms with E-state index in [4.69, 9.17) is 16.3 Å². The van der Waals surface area contributed by atoms with Gasteiger partial charge < -0.3 is 9.64 Å². The summed E-state index contributed by atoms with van der Waals surface area (Å²) in [4.78, 5) is 24.2. The molecule has 6 nitrogen and oxygen atoms in total. The molecule has 1 amide bonds. The maximum Gasteiger partial charge on any atom is 0.282 e. The van der Waals surface area contributed by atoms with Crippen molar-refractivity contribution in [3.8, 4) is 5.75 Å². The summed E-state index contributed by atoms with van der Waals surface area (Å²) in [6, 6.07) is 13.1. The molecular formula is C16H15ClN2O4. The van der Waals surface area contributed by atoms with Gasteiger partial charge in [-0.3, -0.25) is 14.9 Å². The van der Waals surface area contributed by atoms with E-state index in [0.717, 1.165) is 0 Å². The number of rotatable bonds is 6. The van der Waals surface area contributed by atoms with Crippen molar-refractivity contribution in [2.24, 2.45) is 0 Å². The third kappa shape index (κ3) is 4.43. The summed E-state index contributed by atoms with van der Waals surface area (Å²) in [6.45, 7) is 0.567. The zero-order chi connectivity index (χ0) is 16.8. The normalized spacial score (nSPS) is 10.2. The Labute approximate surface area is 138 Å². The van der Waals surface area contributed by atoms with E-state index in [-0.39, 0.29) is 29.4 Å². The number of halogens is 1. The lowest BCUT2D eigenvalue weighted by atomic mass is 10.1. The molecule has 0 aliphatic rings. The molecule has 7 heteroatoms. The Morgan fingerprint density at radius 2 is 1.96 bits per heavy atom. The molecule has 23 heavy (non-hydrogen) atoms. The third-order valence-corrected chi connectivity index (χ3v) is 3.41. The Hall–Kier alpha value is -2.60. The fourth-order valence-electron chi connectivity index (χ4n) is 1.96. The summed E-state index contributed by atoms with van der Waals surface area (Å²) in [5, 5.41) is 11.3. The number of nitrogens with zero attached hydrogens (tertiary/aromatic N) is 2. The average Bonchev–Trinajstić information content (AvgIpc) is 2.54. The molecule has 0 radical (unpaired) electrons. The minimum absolute atomic E-state index is 0.0373. The largest absolute Gasteiger partial charge is 0.492 e. The first-order chi connectivity index (χ1) is 11.0. The van der Waals surface area contributed by atoms with Crippen LogP contribution in [0.3, 0.4) is 0 Å². The van der Waals surface area contributed by atoms with Crippen molar-refractivity contribution in [3.05, 3.63) is 69.2 Å². The number of carbonyl (C=O) groups is 1. The van der Waals surface area contributed by atoms with Crippen molar-refractivity contribution < 1.29 is 14.5 Å². The van der Waals surface area contributed by atoms with Gasteiger partial charge in [0.2, 0.25) is 0 Å². The molecule has 0 saturated heterocycles. The van der Waals surface area contributed by atoms with Crippen LogP contribution in [0.2, 0.25) is 5.02 Å². The Kier molecular flexibility index (Phi) is 5.54. The fourth-order valence-corrected chi connectivity index (χ4v) is 2.14. The molecule has 2 aromatic carbocycles. The molecule has 120 valence electrons. The molecule has 2 aromatic rings. The lowest BCUT2D eigenvalue weighted by Gasteiger charge is -2.17. The highest BCUT2D eigenvalue weighted by atomic mass is 35.5. The lowest BCUT2D eigenvalue weighted by molar-refractivity contribution is -0.385. The molecule has 0 fully saturated rings. The van der Waals surface area contributed by atoms with Crippen molar-refractivity contribution in [3.63, 3.8) is 0 Å². The number of hydrogen-bond donors (Lipinski definition) is 0. The number of nitro groups is 1. The number of nitro benzene ring substituents is 1. The van der Waals surface area contributed by atoms with Crippen molar-refractivity contribution >= 4 is 23.2 Å². The summed E-state index contributed by atoms with van der Waals surface area (Å²) < 4.78 is 5.51. The minimum atomic E-state index is -0.599. The van der Waals surface area contributed by atoms with Crippen LogP contribution in [0.1, 0.15) is 10.4 Å². The van der Waals surface area contributed by atoms with Gasteiger partial charge in [-0.2, -0.15) is 0 Å². The minimum Gasteiger partial charge on any atom is -0.492 e. The molecule has 0 N–H and O–H groups in total. The lowest BCUT2D eigenvalue weighted by Crippen LogP contribution is -2.31. The number of amides is 1. The van der Waals surface area contributed by atoms with E-state index < -0.39 is 10.8 Å². The summed E-state index contributed by atoms with van der Waals surface area (Å²) in [5.74, 6) is 0.220. The molecule has 0 atom stereocenters. The van der Waals surface area contributed by atoms with Crippen LogP contribution in [0.25, 0.3) is 0 Å². The van der Waals surface area contributed by atoms with Crippen molar-refractivity contribution in [2.75, 3.05) is 20.2 Å². The van der Waals surface area contributed by atoms with Gasteiger partial charge in [0, 0.05) is 18.1 Å². The Morgan fingerprint density at radius 3 is 2.61 bits per heavy atom. The van der Waals surface area contributed by atoms with Crippen molar-refractivity contribution in [1.82, 2.24) is 4.90 Å². The van der Waals surface area contributed by atoms with Crippen LogP contribution in [0.15, 0.2) is 48.5 Å². The molecule has 0 saturated carbocycles. The highest BCUT2D eigenvalue weighted by Crippen LogP contribution is 2.23. The number of benzene rings is 2. The molecular weight excluding hydrogens is 320 g/mol. The van der Waals surface area contributed by atoms with Crippen LogP contribution in [0.5, 0.6) is 5.75 Å². The molecule has 0 aliphatic carbocycles. The maximum absolute atomic E-state index is 12.4. The van der Waals surface area contributed by atoms with E-state index >= 15 is 0 Å². The number of hydrogen-bond acceptors (Lipinski definition) is 4. The maximum atomic E-state index is 12.4. The van der Waals surface area contributed by atoms with E-state index in [2.05, 4.69) is 0 Å². The number of ether oxygens (including phenoxy) is 1. The average molecular weight is 335 g/mol. The summed E-state index contributed by atoms with van der Waals surface area (Å²) in [7, 11) is 1.56. The molecule has 0 aliphatic heterocycles. The number of likely N-dealkylation sites (N-methyl/N-ethyl adjacent to an activating group) is 1. The highest BCUT2D eigenvalue weighted by molar-refractivity contribution is 6.31. The van der Waals surface area contributed by atoms with Gasteiger partial charge in [0.15, 0.2) is 0 Å². The predicted molar refractivity (Wildman–Crippen MR) is 87.0 cm³/mol. The third-order valence-electron chi connectivity index (χ3n) is 3.17. The zero-order valence-corrected chi connectivity index (χ0v) is 13.2. The second kappa shape index (κ2) is 7.60. The molecule has 0 spiro atoms.